The molecule has 0 aliphatic heterocycles. The van der Waals surface area contributed by atoms with Gasteiger partial charge in [0.15, 0.2) is 0 Å². The maximum Gasteiger partial charge on any atom is 1.00 e. The van der Waals surface area contributed by atoms with Gasteiger partial charge in [-0.15, -0.1) is 0 Å². The minimum Gasteiger partial charge on any atom is -0.316 e. The van der Waals surface area contributed by atoms with Crippen LogP contribution >= 0.6 is 0 Å². The molecule has 1 rings (SSSR count). The van der Waals surface area contributed by atoms with Gasteiger partial charge in [0.05, 0.1) is 5.78 Å². The van der Waals surface area contributed by atoms with Crippen LogP contribution in [-0.4, -0.2) is 5.78 Å². The molecule has 0 saturated carbocycles. The monoisotopic (exact) mass is 134 g/mol. The summed E-state index contributed by atoms with van der Waals surface area (Å²) in [7, 11) is 0. The predicted octanol–water partition coefficient (Wildman–Crippen LogP) is -1.89. The second-order valence-corrected chi connectivity index (χ2v) is 1.60. The quantitative estimate of drug-likeness (QED) is 0.280. The zero-order valence-corrected chi connectivity index (χ0v) is 8.18. The molecule has 0 aromatic carbocycles. The fourth-order valence-corrected chi connectivity index (χ4v) is 0.581. The Morgan fingerprint density at radius 2 is 2.38 bits per heavy atom. The second-order valence-electron chi connectivity index (χ2n) is 1.60. The third-order valence-corrected chi connectivity index (χ3v) is 0.976. The van der Waals surface area contributed by atoms with Crippen molar-refractivity contribution >= 4 is 5.78 Å². The van der Waals surface area contributed by atoms with Crippen LogP contribution in [0.4, 0.5) is 0 Å². The van der Waals surface area contributed by atoms with Gasteiger partial charge in [0, 0.05) is 0 Å². The van der Waals surface area contributed by atoms with Crippen LogP contribution in [-0.2, 0) is 4.79 Å². The van der Waals surface area contributed by atoms with Gasteiger partial charge in [0.2, 0.25) is 0 Å². The summed E-state index contributed by atoms with van der Waals surface area (Å²) in [4.78, 5) is 10.4. The molecule has 0 amide bonds. The van der Waals surface area contributed by atoms with E-state index >= 15 is 0 Å². The molecular formula is C6H7KO. The van der Waals surface area contributed by atoms with Crippen LogP contribution in [0.3, 0.4) is 0 Å². The Morgan fingerprint density at radius 1 is 1.62 bits per heavy atom. The minimum absolute atomic E-state index is 0. The summed E-state index contributed by atoms with van der Waals surface area (Å²) >= 11 is 0. The van der Waals surface area contributed by atoms with E-state index < -0.39 is 0 Å². The topological polar surface area (TPSA) is 17.1 Å². The van der Waals surface area contributed by atoms with E-state index in [0.717, 1.165) is 6.42 Å². The van der Waals surface area contributed by atoms with Crippen molar-refractivity contribution in [1.29, 1.82) is 0 Å². The molecule has 0 atom stereocenters. The van der Waals surface area contributed by atoms with Crippen molar-refractivity contribution in [2.45, 2.75) is 12.8 Å². The standard InChI is InChI=1S/C6H7O.K/c7-6-4-2-1-3-5-6;/h1-2,4H,3,5H2;/q-1;+1. The van der Waals surface area contributed by atoms with Crippen LogP contribution in [0.15, 0.2) is 12.2 Å². The summed E-state index contributed by atoms with van der Waals surface area (Å²) in [6.07, 6.45) is 7.06. The Kier molecular flexibility index (Phi) is 5.31. The van der Waals surface area contributed by atoms with Gasteiger partial charge in [-0.2, -0.15) is 6.42 Å². The molecular weight excluding hydrogens is 127 g/mol. The van der Waals surface area contributed by atoms with Crippen LogP contribution in [0.5, 0.6) is 0 Å². The van der Waals surface area contributed by atoms with Crippen molar-refractivity contribution in [2.24, 2.45) is 0 Å². The SMILES string of the molecule is O=C1[CH-]C=CCC1.[K+]. The van der Waals surface area contributed by atoms with Crippen LogP contribution in [0, 0.1) is 6.42 Å². The van der Waals surface area contributed by atoms with Crippen LogP contribution in [0.25, 0.3) is 0 Å². The van der Waals surface area contributed by atoms with E-state index in [1.54, 1.807) is 6.42 Å². The average molecular weight is 134 g/mol. The normalized spacial score (nSPS) is 16.8. The number of hydrogen-bond acceptors (Lipinski definition) is 1. The van der Waals surface area contributed by atoms with E-state index in [1.807, 2.05) is 12.2 Å². The molecule has 38 valence electrons. The van der Waals surface area contributed by atoms with Gasteiger partial charge in [-0.05, 0) is 6.42 Å². The second kappa shape index (κ2) is 4.76. The smallest absolute Gasteiger partial charge is 0.316 e. The molecule has 0 fully saturated rings. The predicted molar refractivity (Wildman–Crippen MR) is 27.7 cm³/mol. The van der Waals surface area contributed by atoms with E-state index in [0.29, 0.717) is 6.42 Å². The Bertz CT molecular complexity index is 107. The summed E-state index contributed by atoms with van der Waals surface area (Å²) in [5.74, 6) is 0.252. The van der Waals surface area contributed by atoms with Crippen molar-refractivity contribution in [1.82, 2.24) is 0 Å². The third kappa shape index (κ3) is 3.05. The van der Waals surface area contributed by atoms with Crippen molar-refractivity contribution in [3.8, 4) is 0 Å². The molecule has 1 nitrogen and oxygen atoms in total. The van der Waals surface area contributed by atoms with E-state index in [4.69, 9.17) is 0 Å². The van der Waals surface area contributed by atoms with Gasteiger partial charge in [-0.3, -0.25) is 0 Å². The molecule has 1 aliphatic carbocycles. The average Bonchev–Trinajstić information content (AvgIpc) is 1.69. The molecule has 1 aliphatic rings. The van der Waals surface area contributed by atoms with Gasteiger partial charge in [0.25, 0.3) is 0 Å². The first kappa shape index (κ1) is 8.92. The summed E-state index contributed by atoms with van der Waals surface area (Å²) in [6, 6.07) is 0. The number of rotatable bonds is 0. The number of Topliss-reactive ketones (excluding diaryl/α,β-unsaturated/α-hetero) is 1. The molecule has 0 saturated heterocycles. The summed E-state index contributed by atoms with van der Waals surface area (Å²) in [5.41, 5.74) is 0. The molecule has 0 aromatic heterocycles. The van der Waals surface area contributed by atoms with Gasteiger partial charge in [0.1, 0.15) is 0 Å². The molecule has 0 unspecified atom stereocenters. The first-order valence-corrected chi connectivity index (χ1v) is 2.42. The van der Waals surface area contributed by atoms with Gasteiger partial charge >= 0.3 is 51.4 Å². The van der Waals surface area contributed by atoms with E-state index in [1.165, 1.54) is 0 Å². The Balaban J connectivity index is 0.000000490. The Morgan fingerprint density at radius 3 is 2.62 bits per heavy atom. The fraction of sp³-hybridized carbons (Fsp3) is 0.333. The first-order valence-electron chi connectivity index (χ1n) is 2.42. The first-order chi connectivity index (χ1) is 3.39. The van der Waals surface area contributed by atoms with Gasteiger partial charge < -0.3 is 4.79 Å². The molecule has 0 N–H and O–H groups in total. The summed E-state index contributed by atoms with van der Waals surface area (Å²) in [5, 5.41) is 0. The van der Waals surface area contributed by atoms with E-state index in [2.05, 4.69) is 0 Å². The summed E-state index contributed by atoms with van der Waals surface area (Å²) < 4.78 is 0. The van der Waals surface area contributed by atoms with Crippen LogP contribution in [0.2, 0.25) is 0 Å². The molecule has 0 spiro atoms. The largest absolute Gasteiger partial charge is 1.00 e. The molecule has 2 heteroatoms. The minimum atomic E-state index is 0. The van der Waals surface area contributed by atoms with Crippen LogP contribution in [0.1, 0.15) is 12.8 Å². The molecule has 0 radical (unpaired) electrons. The maximum atomic E-state index is 10.4. The fourth-order valence-electron chi connectivity index (χ4n) is 0.581. The molecule has 0 heterocycles. The Labute approximate surface area is 92.0 Å². The number of allylic oxidation sites excluding steroid dienone is 2. The Hall–Kier alpha value is 0.916. The van der Waals surface area contributed by atoms with Crippen molar-refractivity contribution in [3.05, 3.63) is 18.6 Å². The molecule has 0 aromatic rings. The molecule has 0 bridgehead atoms. The van der Waals surface area contributed by atoms with Crippen molar-refractivity contribution in [2.75, 3.05) is 0 Å². The number of ketones is 1. The molecule has 8 heavy (non-hydrogen) atoms. The maximum absolute atomic E-state index is 10.4. The van der Waals surface area contributed by atoms with E-state index in [9.17, 15) is 4.79 Å². The summed E-state index contributed by atoms with van der Waals surface area (Å²) in [6.45, 7) is 0. The zero-order chi connectivity index (χ0) is 5.11. The van der Waals surface area contributed by atoms with Gasteiger partial charge in [-0.25, -0.2) is 12.2 Å². The van der Waals surface area contributed by atoms with Crippen molar-refractivity contribution < 1.29 is 56.2 Å². The third-order valence-electron chi connectivity index (χ3n) is 0.976. The van der Waals surface area contributed by atoms with Gasteiger partial charge in [-0.1, -0.05) is 6.42 Å². The van der Waals surface area contributed by atoms with Crippen molar-refractivity contribution in [3.63, 3.8) is 0 Å². The van der Waals surface area contributed by atoms with Crippen LogP contribution < -0.4 is 51.4 Å². The van der Waals surface area contributed by atoms with E-state index in [-0.39, 0.29) is 57.2 Å². The number of carbonyl (C=O) groups excluding carboxylic acids is 1. The zero-order valence-electron chi connectivity index (χ0n) is 5.05. The number of hydrogen-bond donors (Lipinski definition) is 0. The number of carbonyl (C=O) groups is 1.